The molecule has 0 aliphatic carbocycles. The first-order valence-corrected chi connectivity index (χ1v) is 8.44. The number of rotatable bonds is 4. The third-order valence-electron chi connectivity index (χ3n) is 3.71. The second kappa shape index (κ2) is 6.26. The Hall–Kier alpha value is -1.23. The van der Waals surface area contributed by atoms with E-state index < -0.39 is 0 Å². The predicted octanol–water partition coefficient (Wildman–Crippen LogP) is 5.31. The molecule has 0 saturated carbocycles. The number of hydrogen-bond donors (Lipinski definition) is 1. The smallest absolute Gasteiger partial charge is 0.131 e. The van der Waals surface area contributed by atoms with Crippen LogP contribution in [0.4, 0.5) is 4.39 Å². The normalized spacial score (nSPS) is 12.7. The first kappa shape index (κ1) is 14.7. The lowest BCUT2D eigenvalue weighted by Crippen LogP contribution is -2.19. The van der Waals surface area contributed by atoms with Crippen molar-refractivity contribution in [3.8, 4) is 0 Å². The average Bonchev–Trinajstić information content (AvgIpc) is 2.91. The predicted molar refractivity (Wildman–Crippen MR) is 91.4 cm³/mol. The average molecular weight is 364 g/mol. The molecule has 1 N–H and O–H groups in total. The SMILES string of the molecule is CNC(Cc1sccc1Br)c1ccc(F)c2ccccc12. The molecular weight excluding hydrogens is 349 g/mol. The van der Waals surface area contributed by atoms with Crippen molar-refractivity contribution >= 4 is 38.0 Å². The largest absolute Gasteiger partial charge is 0.313 e. The molecule has 0 radical (unpaired) electrons. The Labute approximate surface area is 135 Å². The van der Waals surface area contributed by atoms with Gasteiger partial charge in [-0.3, -0.25) is 0 Å². The lowest BCUT2D eigenvalue weighted by Gasteiger charge is -2.19. The molecule has 3 rings (SSSR count). The van der Waals surface area contributed by atoms with Gasteiger partial charge in [0.1, 0.15) is 5.82 Å². The number of nitrogens with one attached hydrogen (secondary N) is 1. The maximum Gasteiger partial charge on any atom is 0.131 e. The van der Waals surface area contributed by atoms with Gasteiger partial charge in [0.05, 0.1) is 0 Å². The van der Waals surface area contributed by atoms with Crippen molar-refractivity contribution in [2.24, 2.45) is 0 Å². The molecule has 0 saturated heterocycles. The molecule has 0 bridgehead atoms. The van der Waals surface area contributed by atoms with Crippen LogP contribution in [0, 0.1) is 5.82 Å². The summed E-state index contributed by atoms with van der Waals surface area (Å²) in [6.07, 6.45) is 0.879. The van der Waals surface area contributed by atoms with E-state index in [1.54, 1.807) is 17.4 Å². The summed E-state index contributed by atoms with van der Waals surface area (Å²) >= 11 is 5.32. The highest BCUT2D eigenvalue weighted by Crippen LogP contribution is 2.32. The van der Waals surface area contributed by atoms with Crippen LogP contribution in [0.5, 0.6) is 0 Å². The molecule has 3 aromatic rings. The van der Waals surface area contributed by atoms with Crippen molar-refractivity contribution in [3.05, 3.63) is 68.6 Å². The molecule has 0 amide bonds. The molecule has 0 aliphatic heterocycles. The molecule has 1 nitrogen and oxygen atoms in total. The molecule has 0 aliphatic rings. The monoisotopic (exact) mass is 363 g/mol. The van der Waals surface area contributed by atoms with Gasteiger partial charge in [-0.05, 0) is 51.4 Å². The van der Waals surface area contributed by atoms with E-state index in [2.05, 4.69) is 32.7 Å². The summed E-state index contributed by atoms with van der Waals surface area (Å²) in [7, 11) is 1.95. The summed E-state index contributed by atoms with van der Waals surface area (Å²) in [5.74, 6) is -0.165. The van der Waals surface area contributed by atoms with E-state index >= 15 is 0 Å². The molecule has 0 spiro atoms. The van der Waals surface area contributed by atoms with E-state index in [0.717, 1.165) is 21.8 Å². The fraction of sp³-hybridized carbons (Fsp3) is 0.176. The molecule has 4 heteroatoms. The van der Waals surface area contributed by atoms with Gasteiger partial charge in [0.2, 0.25) is 0 Å². The summed E-state index contributed by atoms with van der Waals surface area (Å²) in [4.78, 5) is 1.29. The fourth-order valence-electron chi connectivity index (χ4n) is 2.61. The Bertz CT molecular complexity index is 768. The van der Waals surface area contributed by atoms with Crippen molar-refractivity contribution in [2.45, 2.75) is 12.5 Å². The van der Waals surface area contributed by atoms with E-state index in [1.807, 2.05) is 37.4 Å². The molecular formula is C17H15BrFNS. The quantitative estimate of drug-likeness (QED) is 0.662. The summed E-state index contributed by atoms with van der Waals surface area (Å²) in [5, 5.41) is 7.09. The Kier molecular flexibility index (Phi) is 4.38. The van der Waals surface area contributed by atoms with Gasteiger partial charge in [0.15, 0.2) is 0 Å². The first-order valence-electron chi connectivity index (χ1n) is 6.77. The summed E-state index contributed by atoms with van der Waals surface area (Å²) in [6.45, 7) is 0. The minimum atomic E-state index is -0.165. The van der Waals surface area contributed by atoms with Crippen LogP contribution in [0.1, 0.15) is 16.5 Å². The van der Waals surface area contributed by atoms with Crippen LogP contribution >= 0.6 is 27.3 Å². The molecule has 1 atom stereocenters. The van der Waals surface area contributed by atoms with Gasteiger partial charge in [-0.2, -0.15) is 0 Å². The highest BCUT2D eigenvalue weighted by molar-refractivity contribution is 9.10. The van der Waals surface area contributed by atoms with Gasteiger partial charge in [0.25, 0.3) is 0 Å². The number of halogens is 2. The van der Waals surface area contributed by atoms with Crippen LogP contribution in [0.15, 0.2) is 52.3 Å². The molecule has 0 fully saturated rings. The Balaban J connectivity index is 2.05. The second-order valence-electron chi connectivity index (χ2n) is 4.92. The zero-order valence-electron chi connectivity index (χ0n) is 11.6. The standard InChI is InChI=1S/C17H15BrFNS/c1-20-16(10-17-14(18)8-9-21-17)13-6-7-15(19)12-5-3-2-4-11(12)13/h2-9,16,20H,10H2,1H3. The molecule has 108 valence electrons. The zero-order chi connectivity index (χ0) is 14.8. The number of fused-ring (bicyclic) bond motifs is 1. The van der Waals surface area contributed by atoms with Crippen molar-refractivity contribution in [1.29, 1.82) is 0 Å². The minimum absolute atomic E-state index is 0.158. The van der Waals surface area contributed by atoms with Gasteiger partial charge in [0, 0.05) is 27.2 Å². The van der Waals surface area contributed by atoms with Gasteiger partial charge >= 0.3 is 0 Å². The highest BCUT2D eigenvalue weighted by Gasteiger charge is 2.16. The van der Waals surface area contributed by atoms with E-state index in [-0.39, 0.29) is 11.9 Å². The lowest BCUT2D eigenvalue weighted by molar-refractivity contribution is 0.596. The zero-order valence-corrected chi connectivity index (χ0v) is 14.0. The Morgan fingerprint density at radius 3 is 2.57 bits per heavy atom. The van der Waals surface area contributed by atoms with Crippen molar-refractivity contribution in [3.63, 3.8) is 0 Å². The number of hydrogen-bond acceptors (Lipinski definition) is 2. The molecule has 1 unspecified atom stereocenters. The summed E-state index contributed by atoms with van der Waals surface area (Å²) in [6, 6.07) is 13.3. The maximum atomic E-state index is 13.9. The van der Waals surface area contributed by atoms with Crippen LogP contribution in [0.25, 0.3) is 10.8 Å². The van der Waals surface area contributed by atoms with Crippen LogP contribution < -0.4 is 5.32 Å². The lowest BCUT2D eigenvalue weighted by atomic mass is 9.96. The van der Waals surface area contributed by atoms with Gasteiger partial charge in [-0.15, -0.1) is 11.3 Å². The minimum Gasteiger partial charge on any atom is -0.313 e. The van der Waals surface area contributed by atoms with Crippen LogP contribution in [-0.4, -0.2) is 7.05 Å². The Morgan fingerprint density at radius 2 is 1.90 bits per heavy atom. The topological polar surface area (TPSA) is 12.0 Å². The van der Waals surface area contributed by atoms with Crippen molar-refractivity contribution < 1.29 is 4.39 Å². The molecule has 2 aromatic carbocycles. The number of thiophene rings is 1. The Morgan fingerprint density at radius 1 is 1.14 bits per heavy atom. The first-order chi connectivity index (χ1) is 10.2. The third-order valence-corrected chi connectivity index (χ3v) is 5.66. The number of benzene rings is 2. The van der Waals surface area contributed by atoms with Crippen LogP contribution in [0.2, 0.25) is 0 Å². The molecule has 21 heavy (non-hydrogen) atoms. The van der Waals surface area contributed by atoms with Crippen molar-refractivity contribution in [2.75, 3.05) is 7.05 Å². The third kappa shape index (κ3) is 2.89. The van der Waals surface area contributed by atoms with Crippen molar-refractivity contribution in [1.82, 2.24) is 5.32 Å². The second-order valence-corrected chi connectivity index (χ2v) is 6.77. The van der Waals surface area contributed by atoms with Gasteiger partial charge in [-0.25, -0.2) is 4.39 Å². The maximum absolute atomic E-state index is 13.9. The molecule has 1 heterocycles. The van der Waals surface area contributed by atoms with Gasteiger partial charge in [-0.1, -0.05) is 30.3 Å². The molecule has 1 aromatic heterocycles. The van der Waals surface area contributed by atoms with E-state index in [9.17, 15) is 4.39 Å². The van der Waals surface area contributed by atoms with Gasteiger partial charge < -0.3 is 5.32 Å². The summed E-state index contributed by atoms with van der Waals surface area (Å²) < 4.78 is 15.1. The van der Waals surface area contributed by atoms with Crippen LogP contribution in [0.3, 0.4) is 0 Å². The van der Waals surface area contributed by atoms with Crippen LogP contribution in [-0.2, 0) is 6.42 Å². The van der Waals surface area contributed by atoms with E-state index in [4.69, 9.17) is 0 Å². The summed E-state index contributed by atoms with van der Waals surface area (Å²) in [5.41, 5.74) is 1.13. The number of likely N-dealkylation sites (N-methyl/N-ethyl adjacent to an activating group) is 1. The van der Waals surface area contributed by atoms with E-state index in [0.29, 0.717) is 5.39 Å². The fourth-order valence-corrected chi connectivity index (χ4v) is 4.17. The van der Waals surface area contributed by atoms with E-state index in [1.165, 1.54) is 4.88 Å². The highest BCUT2D eigenvalue weighted by atomic mass is 79.9.